The van der Waals surface area contributed by atoms with Crippen LogP contribution in [-0.2, 0) is 22.6 Å². The van der Waals surface area contributed by atoms with E-state index in [4.69, 9.17) is 4.74 Å². The van der Waals surface area contributed by atoms with Crippen LogP contribution in [0.5, 0.6) is 5.75 Å². The molecule has 2 aromatic rings. The molecule has 1 fully saturated rings. The number of amides is 2. The zero-order chi connectivity index (χ0) is 19.6. The van der Waals surface area contributed by atoms with Crippen molar-refractivity contribution in [2.75, 3.05) is 6.54 Å². The van der Waals surface area contributed by atoms with Crippen LogP contribution in [0.25, 0.3) is 0 Å². The van der Waals surface area contributed by atoms with Gasteiger partial charge in [-0.3, -0.25) is 9.59 Å². The predicted molar refractivity (Wildman–Crippen MR) is 109 cm³/mol. The van der Waals surface area contributed by atoms with Crippen molar-refractivity contribution in [1.82, 2.24) is 10.6 Å². The Labute approximate surface area is 166 Å². The third-order valence-corrected chi connectivity index (χ3v) is 4.93. The zero-order valence-corrected chi connectivity index (χ0v) is 16.2. The fourth-order valence-electron chi connectivity index (χ4n) is 3.39. The summed E-state index contributed by atoms with van der Waals surface area (Å²) in [7, 11) is 0. The molecule has 3 rings (SSSR count). The fourth-order valence-corrected chi connectivity index (χ4v) is 3.39. The summed E-state index contributed by atoms with van der Waals surface area (Å²) in [4.78, 5) is 24.0. The molecular formula is C23H28N2O3. The van der Waals surface area contributed by atoms with Gasteiger partial charge < -0.3 is 15.4 Å². The van der Waals surface area contributed by atoms with Gasteiger partial charge in [-0.05, 0) is 37.3 Å². The number of rotatable bonds is 9. The minimum absolute atomic E-state index is 0.0747. The topological polar surface area (TPSA) is 67.4 Å². The number of ether oxygens (including phenoxy) is 1. The van der Waals surface area contributed by atoms with Gasteiger partial charge in [-0.1, -0.05) is 48.5 Å². The summed E-state index contributed by atoms with van der Waals surface area (Å²) < 4.78 is 6.10. The van der Waals surface area contributed by atoms with Crippen molar-refractivity contribution in [2.45, 2.75) is 51.2 Å². The van der Waals surface area contributed by atoms with Crippen molar-refractivity contribution in [1.29, 1.82) is 0 Å². The normalized spacial score (nSPS) is 13.9. The lowest BCUT2D eigenvalue weighted by molar-refractivity contribution is -0.122. The second kappa shape index (κ2) is 10.5. The Kier molecular flexibility index (Phi) is 7.47. The molecule has 2 aromatic carbocycles. The van der Waals surface area contributed by atoms with Gasteiger partial charge in [0.25, 0.3) is 0 Å². The maximum Gasteiger partial charge on any atom is 0.224 e. The third-order valence-electron chi connectivity index (χ3n) is 4.93. The Morgan fingerprint density at radius 3 is 2.39 bits per heavy atom. The van der Waals surface area contributed by atoms with E-state index in [1.165, 1.54) is 12.8 Å². The van der Waals surface area contributed by atoms with Crippen molar-refractivity contribution >= 4 is 11.8 Å². The lowest BCUT2D eigenvalue weighted by Crippen LogP contribution is -2.31. The third kappa shape index (κ3) is 6.41. The molecule has 0 aliphatic heterocycles. The SMILES string of the molecule is O=C(CCNC(=O)Cc1ccccc1)NCc1ccccc1OC1CCCC1. The van der Waals surface area contributed by atoms with Gasteiger partial charge in [0.2, 0.25) is 11.8 Å². The number of carbonyl (C=O) groups excluding carboxylic acids is 2. The van der Waals surface area contributed by atoms with Crippen LogP contribution in [0.15, 0.2) is 54.6 Å². The van der Waals surface area contributed by atoms with E-state index in [0.717, 1.165) is 29.7 Å². The number of hydrogen-bond acceptors (Lipinski definition) is 3. The first-order valence-corrected chi connectivity index (χ1v) is 10.0. The summed E-state index contributed by atoms with van der Waals surface area (Å²) >= 11 is 0. The highest BCUT2D eigenvalue weighted by molar-refractivity contribution is 5.80. The lowest BCUT2D eigenvalue weighted by Gasteiger charge is -2.16. The highest BCUT2D eigenvalue weighted by Gasteiger charge is 2.17. The minimum atomic E-state index is -0.0873. The molecule has 0 spiro atoms. The minimum Gasteiger partial charge on any atom is -0.490 e. The number of para-hydroxylation sites is 1. The van der Waals surface area contributed by atoms with Crippen LogP contribution >= 0.6 is 0 Å². The molecule has 0 radical (unpaired) electrons. The largest absolute Gasteiger partial charge is 0.490 e. The predicted octanol–water partition coefficient (Wildman–Crippen LogP) is 3.37. The maximum absolute atomic E-state index is 12.1. The highest BCUT2D eigenvalue weighted by Crippen LogP contribution is 2.26. The summed E-state index contributed by atoms with van der Waals surface area (Å²) in [6.45, 7) is 0.761. The number of nitrogens with one attached hydrogen (secondary N) is 2. The smallest absolute Gasteiger partial charge is 0.224 e. The molecule has 0 saturated heterocycles. The average molecular weight is 380 g/mol. The molecular weight excluding hydrogens is 352 g/mol. The Morgan fingerprint density at radius 2 is 1.61 bits per heavy atom. The highest BCUT2D eigenvalue weighted by atomic mass is 16.5. The van der Waals surface area contributed by atoms with Crippen LogP contribution in [0, 0.1) is 0 Å². The van der Waals surface area contributed by atoms with Crippen LogP contribution in [0.1, 0.15) is 43.2 Å². The molecule has 28 heavy (non-hydrogen) atoms. The summed E-state index contributed by atoms with van der Waals surface area (Å²) in [5, 5.41) is 5.71. The van der Waals surface area contributed by atoms with Crippen molar-refractivity contribution in [3.63, 3.8) is 0 Å². The maximum atomic E-state index is 12.1. The van der Waals surface area contributed by atoms with E-state index in [9.17, 15) is 9.59 Å². The lowest BCUT2D eigenvalue weighted by atomic mass is 10.1. The van der Waals surface area contributed by atoms with E-state index >= 15 is 0 Å². The first-order chi connectivity index (χ1) is 13.7. The summed E-state index contributed by atoms with van der Waals surface area (Å²) in [6.07, 6.45) is 5.52. The fraction of sp³-hybridized carbons (Fsp3) is 0.391. The molecule has 5 heteroatoms. The summed E-state index contributed by atoms with van der Waals surface area (Å²) in [6, 6.07) is 17.4. The molecule has 0 aromatic heterocycles. The molecule has 5 nitrogen and oxygen atoms in total. The quantitative estimate of drug-likeness (QED) is 0.701. The first-order valence-electron chi connectivity index (χ1n) is 10.0. The van der Waals surface area contributed by atoms with Crippen molar-refractivity contribution in [3.05, 3.63) is 65.7 Å². The van der Waals surface area contributed by atoms with Gasteiger partial charge in [-0.15, -0.1) is 0 Å². The van der Waals surface area contributed by atoms with Crippen molar-refractivity contribution < 1.29 is 14.3 Å². The van der Waals surface area contributed by atoms with Crippen molar-refractivity contribution in [2.24, 2.45) is 0 Å². The van der Waals surface area contributed by atoms with Crippen LogP contribution in [0.4, 0.5) is 0 Å². The second-order valence-electron chi connectivity index (χ2n) is 7.17. The van der Waals surface area contributed by atoms with Gasteiger partial charge in [0.05, 0.1) is 12.5 Å². The number of carbonyl (C=O) groups is 2. The zero-order valence-electron chi connectivity index (χ0n) is 16.2. The molecule has 1 saturated carbocycles. The number of benzene rings is 2. The monoisotopic (exact) mass is 380 g/mol. The van der Waals surface area contributed by atoms with Gasteiger partial charge in [0, 0.05) is 25.1 Å². The van der Waals surface area contributed by atoms with Crippen molar-refractivity contribution in [3.8, 4) is 5.75 Å². The van der Waals surface area contributed by atoms with E-state index in [1.54, 1.807) is 0 Å². The van der Waals surface area contributed by atoms with E-state index in [2.05, 4.69) is 10.6 Å². The second-order valence-corrected chi connectivity index (χ2v) is 7.17. The molecule has 2 amide bonds. The molecule has 148 valence electrons. The van der Waals surface area contributed by atoms with Gasteiger partial charge in [-0.2, -0.15) is 0 Å². The van der Waals surface area contributed by atoms with Crippen LogP contribution in [0.2, 0.25) is 0 Å². The summed E-state index contributed by atoms with van der Waals surface area (Å²) in [5.74, 6) is 0.691. The van der Waals surface area contributed by atoms with E-state index in [0.29, 0.717) is 19.5 Å². The van der Waals surface area contributed by atoms with Gasteiger partial charge in [0.15, 0.2) is 0 Å². The average Bonchev–Trinajstić information content (AvgIpc) is 3.21. The van der Waals surface area contributed by atoms with Gasteiger partial charge in [0.1, 0.15) is 5.75 Å². The van der Waals surface area contributed by atoms with E-state index in [-0.39, 0.29) is 24.3 Å². The Bertz CT molecular complexity index is 770. The van der Waals surface area contributed by atoms with Crippen LogP contribution in [-0.4, -0.2) is 24.5 Å². The Hall–Kier alpha value is -2.82. The molecule has 2 N–H and O–H groups in total. The van der Waals surface area contributed by atoms with Gasteiger partial charge in [-0.25, -0.2) is 0 Å². The summed E-state index contributed by atoms with van der Waals surface area (Å²) in [5.41, 5.74) is 1.94. The van der Waals surface area contributed by atoms with Gasteiger partial charge >= 0.3 is 0 Å². The molecule has 1 aliphatic rings. The van der Waals surface area contributed by atoms with Crippen LogP contribution in [0.3, 0.4) is 0 Å². The first kappa shape index (κ1) is 19.9. The van der Waals surface area contributed by atoms with E-state index < -0.39 is 0 Å². The van der Waals surface area contributed by atoms with E-state index in [1.807, 2.05) is 54.6 Å². The molecule has 0 heterocycles. The molecule has 0 bridgehead atoms. The molecule has 0 unspecified atom stereocenters. The van der Waals surface area contributed by atoms with Crippen LogP contribution < -0.4 is 15.4 Å². The molecule has 0 atom stereocenters. The standard InChI is InChI=1S/C23H28N2O3/c26-22(14-15-24-23(27)16-18-8-2-1-3-9-18)25-17-19-10-4-7-13-21(19)28-20-11-5-6-12-20/h1-4,7-10,13,20H,5-6,11-12,14-17H2,(H,24,27)(H,25,26). The Morgan fingerprint density at radius 1 is 0.893 bits per heavy atom. The Balaban J connectivity index is 1.38. The molecule has 1 aliphatic carbocycles. The number of hydrogen-bond donors (Lipinski definition) is 2.